The Labute approximate surface area is 128 Å². The first-order valence-electron chi connectivity index (χ1n) is 6.99. The first-order valence-corrected chi connectivity index (χ1v) is 6.99. The van der Waals surface area contributed by atoms with Crippen LogP contribution >= 0.6 is 0 Å². The minimum absolute atomic E-state index is 0.0564. The Balaban J connectivity index is 2.94. The van der Waals surface area contributed by atoms with Gasteiger partial charge in [-0.25, -0.2) is 0 Å². The van der Waals surface area contributed by atoms with Crippen molar-refractivity contribution in [1.29, 1.82) is 0 Å². The van der Waals surface area contributed by atoms with E-state index in [2.05, 4.69) is 10.3 Å². The van der Waals surface area contributed by atoms with Gasteiger partial charge in [-0.05, 0) is 13.8 Å². The largest absolute Gasteiger partial charge is 0.394 e. The fourth-order valence-corrected chi connectivity index (χ4v) is 1.81. The third kappa shape index (κ3) is 5.10. The van der Waals surface area contributed by atoms with Crippen LogP contribution in [0.3, 0.4) is 0 Å². The highest BCUT2D eigenvalue weighted by molar-refractivity contribution is 5.76. The molecule has 22 heavy (non-hydrogen) atoms. The molecule has 0 saturated heterocycles. The van der Waals surface area contributed by atoms with Gasteiger partial charge < -0.3 is 31.2 Å². The second kappa shape index (κ2) is 8.47. The maximum atomic E-state index is 11.9. The molecule has 0 radical (unpaired) electrons. The number of nitrogens with zero attached hydrogens (tertiary/aromatic N) is 2. The number of carbonyl (C=O) groups is 1. The van der Waals surface area contributed by atoms with Crippen molar-refractivity contribution in [3.05, 3.63) is 22.1 Å². The summed E-state index contributed by atoms with van der Waals surface area (Å²) in [6.45, 7) is 3.79. The van der Waals surface area contributed by atoms with Crippen molar-refractivity contribution in [2.24, 2.45) is 5.73 Å². The fraction of sp³-hybridized carbons (Fsp3) is 0.615. The predicted octanol–water partition coefficient (Wildman–Crippen LogP) is -1.64. The van der Waals surface area contributed by atoms with Gasteiger partial charge >= 0.3 is 0 Å². The quantitative estimate of drug-likeness (QED) is 0.450. The zero-order valence-electron chi connectivity index (χ0n) is 12.8. The molecule has 0 fully saturated rings. The molecule has 1 aromatic heterocycles. The van der Waals surface area contributed by atoms with Crippen molar-refractivity contribution in [3.8, 4) is 0 Å². The smallest absolute Gasteiger partial charge is 0.280 e. The molecule has 6 N–H and O–H groups in total. The summed E-state index contributed by atoms with van der Waals surface area (Å²) in [7, 11) is 0. The van der Waals surface area contributed by atoms with Crippen LogP contribution in [0.5, 0.6) is 0 Å². The minimum Gasteiger partial charge on any atom is -0.394 e. The van der Waals surface area contributed by atoms with Gasteiger partial charge in [0.25, 0.3) is 5.56 Å². The Morgan fingerprint density at radius 2 is 2.23 bits per heavy atom. The average molecular weight is 313 g/mol. The summed E-state index contributed by atoms with van der Waals surface area (Å²) in [5, 5.41) is 11.6. The second-order valence-electron chi connectivity index (χ2n) is 4.90. The fourth-order valence-electron chi connectivity index (χ4n) is 1.81. The topological polar surface area (TPSA) is 145 Å². The summed E-state index contributed by atoms with van der Waals surface area (Å²) in [6.07, 6.45) is 0.441. The molecular formula is C13H23N5O4. The van der Waals surface area contributed by atoms with E-state index in [0.717, 1.165) is 0 Å². The highest BCUT2D eigenvalue weighted by Gasteiger charge is 2.17. The summed E-state index contributed by atoms with van der Waals surface area (Å²) < 4.78 is 6.84. The Bertz CT molecular complexity index is 560. The Morgan fingerprint density at radius 3 is 2.82 bits per heavy atom. The lowest BCUT2D eigenvalue weighted by Crippen LogP contribution is -2.33. The highest BCUT2D eigenvalue weighted by atomic mass is 16.5. The third-order valence-electron chi connectivity index (χ3n) is 2.96. The number of anilines is 1. The number of aliphatic hydroxyl groups excluding tert-OH is 1. The van der Waals surface area contributed by atoms with Crippen LogP contribution in [0.4, 0.5) is 5.95 Å². The minimum atomic E-state index is -0.582. The van der Waals surface area contributed by atoms with Gasteiger partial charge in [-0.15, -0.1) is 0 Å². The Hall–Kier alpha value is -1.97. The standard InChI is InChI=1S/C13H23N5O4/c1-8(7-19)22-9(2)10-5-18(13(15)17-12(10)21)6-11(20)16-4-3-14/h5,8-9,19H,3-4,6-7,14H2,1-2H3,(H,16,20)(H2,15,17,21). The zero-order chi connectivity index (χ0) is 16.7. The normalized spacial score (nSPS) is 13.6. The molecular weight excluding hydrogens is 290 g/mol. The molecule has 9 nitrogen and oxygen atoms in total. The maximum absolute atomic E-state index is 11.9. The van der Waals surface area contributed by atoms with Gasteiger partial charge in [-0.3, -0.25) is 9.59 Å². The summed E-state index contributed by atoms with van der Waals surface area (Å²) in [5.74, 6) is -0.343. The number of rotatable bonds is 8. The third-order valence-corrected chi connectivity index (χ3v) is 2.96. The van der Waals surface area contributed by atoms with E-state index in [1.807, 2.05) is 0 Å². The van der Waals surface area contributed by atoms with Gasteiger partial charge in [0.2, 0.25) is 11.9 Å². The molecule has 0 aliphatic rings. The van der Waals surface area contributed by atoms with Crippen LogP contribution in [0.2, 0.25) is 0 Å². The molecule has 1 heterocycles. The summed E-state index contributed by atoms with van der Waals surface area (Å²) in [4.78, 5) is 27.3. The van der Waals surface area contributed by atoms with E-state index < -0.39 is 17.8 Å². The maximum Gasteiger partial charge on any atom is 0.280 e. The number of ether oxygens (including phenoxy) is 1. The average Bonchev–Trinajstić information content (AvgIpc) is 2.47. The molecule has 0 aliphatic carbocycles. The summed E-state index contributed by atoms with van der Waals surface area (Å²) >= 11 is 0. The molecule has 2 atom stereocenters. The van der Waals surface area contributed by atoms with Crippen molar-refractivity contribution in [1.82, 2.24) is 14.9 Å². The molecule has 0 spiro atoms. The number of amides is 1. The number of hydrogen-bond acceptors (Lipinski definition) is 7. The first-order chi connectivity index (χ1) is 10.4. The summed E-state index contributed by atoms with van der Waals surface area (Å²) in [5.41, 5.74) is 10.7. The van der Waals surface area contributed by atoms with Crippen molar-refractivity contribution in [2.45, 2.75) is 32.6 Å². The highest BCUT2D eigenvalue weighted by Crippen LogP contribution is 2.15. The van der Waals surface area contributed by atoms with E-state index in [1.165, 1.54) is 10.8 Å². The van der Waals surface area contributed by atoms with Crippen molar-refractivity contribution >= 4 is 11.9 Å². The van der Waals surface area contributed by atoms with Crippen LogP contribution in [0.15, 0.2) is 11.0 Å². The molecule has 1 amide bonds. The van der Waals surface area contributed by atoms with Crippen LogP contribution in [0.1, 0.15) is 25.5 Å². The van der Waals surface area contributed by atoms with Crippen LogP contribution in [0.25, 0.3) is 0 Å². The van der Waals surface area contributed by atoms with E-state index in [9.17, 15) is 9.59 Å². The lowest BCUT2D eigenvalue weighted by molar-refractivity contribution is -0.121. The van der Waals surface area contributed by atoms with Crippen molar-refractivity contribution < 1.29 is 14.6 Å². The molecule has 0 bridgehead atoms. The Kier molecular flexibility index (Phi) is 6.96. The lowest BCUT2D eigenvalue weighted by Gasteiger charge is -2.18. The number of aromatic nitrogens is 2. The van der Waals surface area contributed by atoms with Crippen LogP contribution in [-0.2, 0) is 16.1 Å². The number of aliphatic hydroxyl groups is 1. The number of hydrogen-bond donors (Lipinski definition) is 4. The number of carbonyl (C=O) groups excluding carboxylic acids is 1. The van der Waals surface area contributed by atoms with E-state index >= 15 is 0 Å². The lowest BCUT2D eigenvalue weighted by atomic mass is 10.2. The van der Waals surface area contributed by atoms with Gasteiger partial charge in [-0.2, -0.15) is 4.98 Å². The van der Waals surface area contributed by atoms with Gasteiger partial charge in [-0.1, -0.05) is 0 Å². The Morgan fingerprint density at radius 1 is 1.55 bits per heavy atom. The van der Waals surface area contributed by atoms with E-state index in [4.69, 9.17) is 21.3 Å². The molecule has 1 aromatic rings. The molecule has 9 heteroatoms. The van der Waals surface area contributed by atoms with Gasteiger partial charge in [0.05, 0.1) is 24.4 Å². The SMILES string of the molecule is CC(CO)OC(C)c1cn(CC(=O)NCCN)c(N)nc1=O. The molecule has 124 valence electrons. The van der Waals surface area contributed by atoms with Crippen LogP contribution in [0, 0.1) is 0 Å². The van der Waals surface area contributed by atoms with Crippen LogP contribution < -0.4 is 22.3 Å². The second-order valence-corrected chi connectivity index (χ2v) is 4.90. The molecule has 1 rings (SSSR count). The van der Waals surface area contributed by atoms with Crippen LogP contribution in [-0.4, -0.2) is 46.4 Å². The number of nitrogens with two attached hydrogens (primary N) is 2. The predicted molar refractivity (Wildman–Crippen MR) is 81.0 cm³/mol. The van der Waals surface area contributed by atoms with E-state index in [-0.39, 0.29) is 30.6 Å². The zero-order valence-corrected chi connectivity index (χ0v) is 12.8. The van der Waals surface area contributed by atoms with Gasteiger partial charge in [0.15, 0.2) is 0 Å². The molecule has 0 aliphatic heterocycles. The number of nitrogens with one attached hydrogen (secondary N) is 1. The van der Waals surface area contributed by atoms with Crippen molar-refractivity contribution in [2.75, 3.05) is 25.4 Å². The van der Waals surface area contributed by atoms with E-state index in [1.54, 1.807) is 13.8 Å². The van der Waals surface area contributed by atoms with Gasteiger partial charge in [0, 0.05) is 19.3 Å². The van der Waals surface area contributed by atoms with Gasteiger partial charge in [0.1, 0.15) is 6.54 Å². The number of nitrogen functional groups attached to an aromatic ring is 1. The van der Waals surface area contributed by atoms with Crippen molar-refractivity contribution in [3.63, 3.8) is 0 Å². The molecule has 0 aromatic carbocycles. The van der Waals surface area contributed by atoms with E-state index in [0.29, 0.717) is 13.1 Å². The first kappa shape index (κ1) is 18.1. The summed E-state index contributed by atoms with van der Waals surface area (Å²) in [6, 6.07) is 0. The molecule has 2 unspecified atom stereocenters. The molecule has 0 saturated carbocycles. The monoisotopic (exact) mass is 313 g/mol.